The van der Waals surface area contributed by atoms with Crippen molar-refractivity contribution in [3.05, 3.63) is 35.4 Å². The van der Waals surface area contributed by atoms with Gasteiger partial charge in [-0.25, -0.2) is 9.97 Å². The van der Waals surface area contributed by atoms with Crippen LogP contribution < -0.4 is 0 Å². The molecule has 4 heteroatoms. The average Bonchev–Trinajstić information content (AvgIpc) is 2.56. The minimum Gasteiger partial charge on any atom is -0.442 e. The number of halogens is 1. The fraction of sp³-hybridized carbons (Fsp3) is 0. The molecule has 0 fully saturated rings. The molecule has 0 radical (unpaired) electrons. The van der Waals surface area contributed by atoms with Gasteiger partial charge < -0.3 is 4.42 Å². The minimum atomic E-state index is 0.677. The Morgan fingerprint density at radius 2 is 2.25 bits per heavy atom. The van der Waals surface area contributed by atoms with Crippen molar-refractivity contribution in [1.29, 1.82) is 0 Å². The molecule has 0 aliphatic rings. The molecule has 3 nitrogen and oxygen atoms in total. The van der Waals surface area contributed by atoms with Gasteiger partial charge in [0.25, 0.3) is 0 Å². The van der Waals surface area contributed by atoms with E-state index in [9.17, 15) is 0 Å². The Bertz CT molecular complexity index is 372. The molecule has 0 spiro atoms. The van der Waals surface area contributed by atoms with Crippen LogP contribution in [0, 0.1) is 0 Å². The minimum absolute atomic E-state index is 0.677. The zero-order valence-corrected chi connectivity index (χ0v) is 7.65. The number of pyridine rings is 1. The van der Waals surface area contributed by atoms with Gasteiger partial charge in [0.2, 0.25) is 0 Å². The smallest absolute Gasteiger partial charge is 0.181 e. The van der Waals surface area contributed by atoms with E-state index in [0.717, 1.165) is 10.3 Å². The first kappa shape index (κ1) is 7.49. The highest BCUT2D eigenvalue weighted by molar-refractivity contribution is 9.10. The molecule has 12 heavy (non-hydrogen) atoms. The van der Waals surface area contributed by atoms with Crippen molar-refractivity contribution < 1.29 is 4.42 Å². The van der Waals surface area contributed by atoms with Gasteiger partial charge in [0.05, 0.1) is 6.20 Å². The summed E-state index contributed by atoms with van der Waals surface area (Å²) in [4.78, 5) is 8.00. The van der Waals surface area contributed by atoms with Crippen molar-refractivity contribution >= 4 is 15.9 Å². The second-order valence-corrected chi connectivity index (χ2v) is 3.02. The molecule has 0 saturated carbocycles. The summed E-state index contributed by atoms with van der Waals surface area (Å²) >= 11 is 3.27. The quantitative estimate of drug-likeness (QED) is 0.700. The summed E-state index contributed by atoms with van der Waals surface area (Å²) in [6.07, 6.45) is 3.02. The molecule has 0 aromatic carbocycles. The Hall–Kier alpha value is -1.16. The lowest BCUT2D eigenvalue weighted by atomic mass is 10.3. The van der Waals surface area contributed by atoms with Gasteiger partial charge in [-0.1, -0.05) is 6.07 Å². The molecule has 60 valence electrons. The molecule has 0 aliphatic heterocycles. The largest absolute Gasteiger partial charge is 0.442 e. The summed E-state index contributed by atoms with van der Waals surface area (Å²) in [6.45, 7) is 0. The van der Waals surface area contributed by atoms with Gasteiger partial charge in [-0.3, -0.25) is 0 Å². The summed E-state index contributed by atoms with van der Waals surface area (Å²) in [5.74, 6) is 0.677. The molecule has 2 heterocycles. The Labute approximate surface area is 77.6 Å². The van der Waals surface area contributed by atoms with E-state index in [1.54, 1.807) is 6.20 Å². The van der Waals surface area contributed by atoms with Crippen LogP contribution in [0.5, 0.6) is 0 Å². The Kier molecular flexibility index (Phi) is 1.91. The third kappa shape index (κ3) is 1.38. The fourth-order valence-electron chi connectivity index (χ4n) is 0.888. The normalized spacial score (nSPS) is 10.1. The van der Waals surface area contributed by atoms with Crippen LogP contribution in [0.25, 0.3) is 11.5 Å². The van der Waals surface area contributed by atoms with Crippen LogP contribution in [0.1, 0.15) is 0 Å². The zero-order chi connectivity index (χ0) is 8.39. The van der Waals surface area contributed by atoms with Gasteiger partial charge in [-0.05, 0) is 28.1 Å². The van der Waals surface area contributed by atoms with Crippen LogP contribution >= 0.6 is 15.9 Å². The highest BCUT2D eigenvalue weighted by Crippen LogP contribution is 2.17. The molecule has 0 N–H and O–H groups in total. The fourth-order valence-corrected chi connectivity index (χ4v) is 1.23. The van der Waals surface area contributed by atoms with Crippen LogP contribution in [0.2, 0.25) is 0 Å². The predicted molar refractivity (Wildman–Crippen MR) is 47.4 cm³/mol. The van der Waals surface area contributed by atoms with Crippen molar-refractivity contribution in [2.75, 3.05) is 0 Å². The predicted octanol–water partition coefficient (Wildman–Crippen LogP) is 2.50. The van der Waals surface area contributed by atoms with Gasteiger partial charge in [-0.2, -0.15) is 0 Å². The van der Waals surface area contributed by atoms with Crippen LogP contribution in [-0.2, 0) is 0 Å². The van der Waals surface area contributed by atoms with E-state index in [4.69, 9.17) is 4.42 Å². The summed E-state index contributed by atoms with van der Waals surface area (Å²) in [7, 11) is 0. The third-order valence-electron chi connectivity index (χ3n) is 1.40. The van der Waals surface area contributed by atoms with E-state index in [-0.39, 0.29) is 0 Å². The highest BCUT2D eigenvalue weighted by Gasteiger charge is 2.01. The number of hydrogen-bond donors (Lipinski definition) is 0. The molecule has 0 saturated heterocycles. The lowest BCUT2D eigenvalue weighted by molar-refractivity contribution is 0.569. The number of oxazole rings is 1. The van der Waals surface area contributed by atoms with E-state index in [1.165, 1.54) is 6.39 Å². The SMILES string of the molecule is Brc1cccc(-c2cnco2)n1. The van der Waals surface area contributed by atoms with Crippen LogP contribution in [-0.4, -0.2) is 9.97 Å². The number of aromatic nitrogens is 2. The van der Waals surface area contributed by atoms with Crippen molar-refractivity contribution in [1.82, 2.24) is 9.97 Å². The molecular weight excluding hydrogens is 220 g/mol. The molecule has 0 unspecified atom stereocenters. The molecule has 2 rings (SSSR count). The standard InChI is InChI=1S/C8H5BrN2O/c9-8-3-1-2-6(11-8)7-4-10-5-12-7/h1-5H. The molecule has 0 amide bonds. The average molecular weight is 225 g/mol. The summed E-state index contributed by atoms with van der Waals surface area (Å²) in [5, 5.41) is 0. The van der Waals surface area contributed by atoms with Crippen molar-refractivity contribution in [3.8, 4) is 11.5 Å². The summed E-state index contributed by atoms with van der Waals surface area (Å²) in [5.41, 5.74) is 0.780. The maximum Gasteiger partial charge on any atom is 0.181 e. The topological polar surface area (TPSA) is 38.9 Å². The van der Waals surface area contributed by atoms with Crippen molar-refractivity contribution in [2.45, 2.75) is 0 Å². The molecular formula is C8H5BrN2O. The second kappa shape index (κ2) is 3.06. The molecule has 0 atom stereocenters. The maximum absolute atomic E-state index is 5.08. The van der Waals surface area contributed by atoms with Crippen LogP contribution in [0.4, 0.5) is 0 Å². The first-order valence-corrected chi connectivity index (χ1v) is 4.17. The Morgan fingerprint density at radius 1 is 1.33 bits per heavy atom. The van der Waals surface area contributed by atoms with Crippen LogP contribution in [0.15, 0.2) is 39.8 Å². The van der Waals surface area contributed by atoms with Gasteiger partial charge in [0.15, 0.2) is 12.2 Å². The Morgan fingerprint density at radius 3 is 2.92 bits per heavy atom. The van der Waals surface area contributed by atoms with Crippen molar-refractivity contribution in [3.63, 3.8) is 0 Å². The number of rotatable bonds is 1. The lowest BCUT2D eigenvalue weighted by Gasteiger charge is -1.94. The van der Waals surface area contributed by atoms with Crippen molar-refractivity contribution in [2.24, 2.45) is 0 Å². The van der Waals surface area contributed by atoms with E-state index in [2.05, 4.69) is 25.9 Å². The van der Waals surface area contributed by atoms with E-state index in [1.807, 2.05) is 18.2 Å². The molecule has 0 bridgehead atoms. The lowest BCUT2D eigenvalue weighted by Crippen LogP contribution is -1.80. The second-order valence-electron chi connectivity index (χ2n) is 2.21. The first-order valence-electron chi connectivity index (χ1n) is 3.38. The zero-order valence-electron chi connectivity index (χ0n) is 6.07. The summed E-state index contributed by atoms with van der Waals surface area (Å²) < 4.78 is 5.87. The first-order chi connectivity index (χ1) is 5.86. The molecule has 2 aromatic rings. The Balaban J connectivity index is 2.48. The van der Waals surface area contributed by atoms with E-state index < -0.39 is 0 Å². The van der Waals surface area contributed by atoms with Gasteiger partial charge >= 0.3 is 0 Å². The van der Waals surface area contributed by atoms with Gasteiger partial charge in [0.1, 0.15) is 10.3 Å². The van der Waals surface area contributed by atoms with E-state index >= 15 is 0 Å². The van der Waals surface area contributed by atoms with Crippen LogP contribution in [0.3, 0.4) is 0 Å². The van der Waals surface area contributed by atoms with Gasteiger partial charge in [0, 0.05) is 0 Å². The maximum atomic E-state index is 5.08. The number of nitrogens with zero attached hydrogens (tertiary/aromatic N) is 2. The van der Waals surface area contributed by atoms with Gasteiger partial charge in [-0.15, -0.1) is 0 Å². The third-order valence-corrected chi connectivity index (χ3v) is 1.84. The summed E-state index contributed by atoms with van der Waals surface area (Å²) in [6, 6.07) is 5.63. The molecule has 2 aromatic heterocycles. The van der Waals surface area contributed by atoms with E-state index in [0.29, 0.717) is 5.76 Å². The molecule has 0 aliphatic carbocycles. The monoisotopic (exact) mass is 224 g/mol. The number of hydrogen-bond acceptors (Lipinski definition) is 3. The highest BCUT2D eigenvalue weighted by atomic mass is 79.9.